The van der Waals surface area contributed by atoms with Gasteiger partial charge in [0, 0.05) is 26.1 Å². The minimum atomic E-state index is -0.243. The molecular weight excluding hydrogens is 311 g/mol. The first kappa shape index (κ1) is 16.1. The van der Waals surface area contributed by atoms with Crippen LogP contribution in [0.25, 0.3) is 0 Å². The number of carbonyl (C=O) groups is 2. The number of benzene rings is 1. The zero-order valence-corrected chi connectivity index (χ0v) is 13.4. The van der Waals surface area contributed by atoms with Crippen LogP contribution in [0.3, 0.4) is 0 Å². The molecule has 1 atom stereocenters. The molecular formula is C15H18Cl2N2O2. The van der Waals surface area contributed by atoms with Gasteiger partial charge in [-0.2, -0.15) is 0 Å². The molecule has 0 unspecified atom stereocenters. The van der Waals surface area contributed by atoms with E-state index in [0.717, 1.165) is 5.56 Å². The number of hydrogen-bond acceptors (Lipinski definition) is 2. The maximum absolute atomic E-state index is 12.0. The maximum atomic E-state index is 12.0. The Hall–Kier alpha value is -1.26. The largest absolute Gasteiger partial charge is 0.355 e. The minimum absolute atomic E-state index is 0.0514. The van der Waals surface area contributed by atoms with Gasteiger partial charge in [-0.1, -0.05) is 35.3 Å². The molecule has 21 heavy (non-hydrogen) atoms. The Balaban J connectivity index is 1.82. The van der Waals surface area contributed by atoms with Gasteiger partial charge in [-0.25, -0.2) is 0 Å². The molecule has 2 amide bonds. The highest BCUT2D eigenvalue weighted by atomic mass is 35.5. The molecule has 114 valence electrons. The second-order valence-electron chi connectivity index (χ2n) is 5.09. The van der Waals surface area contributed by atoms with E-state index < -0.39 is 0 Å². The lowest BCUT2D eigenvalue weighted by atomic mass is 10.1. The molecule has 1 aliphatic rings. The van der Waals surface area contributed by atoms with Crippen molar-refractivity contribution >= 4 is 35.0 Å². The molecule has 1 aromatic rings. The summed E-state index contributed by atoms with van der Waals surface area (Å²) < 4.78 is 0. The van der Waals surface area contributed by atoms with Gasteiger partial charge in [0.25, 0.3) is 0 Å². The van der Waals surface area contributed by atoms with Crippen molar-refractivity contribution in [2.45, 2.75) is 19.8 Å². The molecule has 0 radical (unpaired) electrons. The van der Waals surface area contributed by atoms with E-state index in [0.29, 0.717) is 42.5 Å². The summed E-state index contributed by atoms with van der Waals surface area (Å²) in [5, 5.41) is 3.91. The normalized spacial score (nSPS) is 18.1. The zero-order chi connectivity index (χ0) is 15.4. The van der Waals surface area contributed by atoms with Crippen molar-refractivity contribution in [1.82, 2.24) is 10.2 Å². The summed E-state index contributed by atoms with van der Waals surface area (Å²) in [6.45, 7) is 3.56. The second-order valence-corrected chi connectivity index (χ2v) is 5.87. The highest BCUT2D eigenvalue weighted by Gasteiger charge is 2.32. The first-order valence-corrected chi connectivity index (χ1v) is 7.77. The zero-order valence-electron chi connectivity index (χ0n) is 11.9. The maximum Gasteiger partial charge on any atom is 0.225 e. The molecule has 6 heteroatoms. The van der Waals surface area contributed by atoms with E-state index in [4.69, 9.17) is 23.2 Å². The fourth-order valence-corrected chi connectivity index (χ4v) is 2.87. The van der Waals surface area contributed by atoms with Gasteiger partial charge >= 0.3 is 0 Å². The number of likely N-dealkylation sites (tertiary alicyclic amines) is 1. The van der Waals surface area contributed by atoms with Gasteiger partial charge < -0.3 is 10.2 Å². The van der Waals surface area contributed by atoms with Crippen molar-refractivity contribution in [3.8, 4) is 0 Å². The van der Waals surface area contributed by atoms with E-state index in [1.807, 2.05) is 19.1 Å². The third kappa shape index (κ3) is 3.89. The fraction of sp³-hybridized carbons (Fsp3) is 0.467. The Morgan fingerprint density at radius 2 is 2.19 bits per heavy atom. The Kier molecular flexibility index (Phi) is 5.48. The quantitative estimate of drug-likeness (QED) is 0.902. The molecule has 1 saturated heterocycles. The lowest BCUT2D eigenvalue weighted by molar-refractivity contribution is -0.128. The standard InChI is InChI=1S/C15H18Cl2N2O2/c1-2-19-9-11(8-13(19)20)15(21)18-7-6-10-4-3-5-12(16)14(10)17/h3-5,11H,2,6-9H2,1H3,(H,18,21)/t11-/m1/s1. The summed E-state index contributed by atoms with van der Waals surface area (Å²) in [4.78, 5) is 25.4. The van der Waals surface area contributed by atoms with Crippen LogP contribution in [0.15, 0.2) is 18.2 Å². The van der Waals surface area contributed by atoms with Gasteiger partial charge in [0.1, 0.15) is 0 Å². The van der Waals surface area contributed by atoms with Crippen LogP contribution in [0.1, 0.15) is 18.9 Å². The molecule has 0 saturated carbocycles. The smallest absolute Gasteiger partial charge is 0.225 e. The van der Waals surface area contributed by atoms with Crippen molar-refractivity contribution < 1.29 is 9.59 Å². The monoisotopic (exact) mass is 328 g/mol. The molecule has 1 aromatic carbocycles. The van der Waals surface area contributed by atoms with Crippen LogP contribution in [-0.4, -0.2) is 36.3 Å². The van der Waals surface area contributed by atoms with Gasteiger partial charge in [-0.15, -0.1) is 0 Å². The third-order valence-corrected chi connectivity index (χ3v) is 4.55. The number of hydrogen-bond donors (Lipinski definition) is 1. The molecule has 1 N–H and O–H groups in total. The summed E-state index contributed by atoms with van der Waals surface area (Å²) in [7, 11) is 0. The first-order valence-electron chi connectivity index (χ1n) is 7.01. The topological polar surface area (TPSA) is 49.4 Å². The van der Waals surface area contributed by atoms with Crippen molar-refractivity contribution in [2.75, 3.05) is 19.6 Å². The van der Waals surface area contributed by atoms with Gasteiger partial charge in [0.15, 0.2) is 0 Å². The predicted octanol–water partition coefficient (Wildman–Crippen LogP) is 2.52. The average Bonchev–Trinajstić information content (AvgIpc) is 2.84. The lowest BCUT2D eigenvalue weighted by Gasteiger charge is -2.14. The highest BCUT2D eigenvalue weighted by Crippen LogP contribution is 2.25. The van der Waals surface area contributed by atoms with Crippen molar-refractivity contribution in [3.63, 3.8) is 0 Å². The van der Waals surface area contributed by atoms with Crippen molar-refractivity contribution in [3.05, 3.63) is 33.8 Å². The van der Waals surface area contributed by atoms with E-state index >= 15 is 0 Å². The Morgan fingerprint density at radius 3 is 2.86 bits per heavy atom. The number of nitrogens with one attached hydrogen (secondary N) is 1. The number of rotatable bonds is 5. The molecule has 0 spiro atoms. The summed E-state index contributed by atoms with van der Waals surface area (Å²) >= 11 is 12.0. The van der Waals surface area contributed by atoms with Gasteiger partial charge in [0.05, 0.1) is 16.0 Å². The number of amides is 2. The van der Waals surface area contributed by atoms with E-state index in [2.05, 4.69) is 5.32 Å². The molecule has 4 nitrogen and oxygen atoms in total. The van der Waals surface area contributed by atoms with Crippen LogP contribution in [0, 0.1) is 5.92 Å². The van der Waals surface area contributed by atoms with Gasteiger partial charge in [-0.3, -0.25) is 9.59 Å². The van der Waals surface area contributed by atoms with Gasteiger partial charge in [-0.05, 0) is 25.0 Å². The molecule has 0 bridgehead atoms. The number of halogens is 2. The van der Waals surface area contributed by atoms with Crippen molar-refractivity contribution in [1.29, 1.82) is 0 Å². The van der Waals surface area contributed by atoms with Gasteiger partial charge in [0.2, 0.25) is 11.8 Å². The second kappa shape index (κ2) is 7.14. The fourth-order valence-electron chi connectivity index (χ4n) is 2.46. The van der Waals surface area contributed by atoms with E-state index in [9.17, 15) is 9.59 Å². The van der Waals surface area contributed by atoms with Crippen LogP contribution in [0.2, 0.25) is 10.0 Å². The Labute approximate surface area is 134 Å². The van der Waals surface area contributed by atoms with E-state index in [-0.39, 0.29) is 17.7 Å². The summed E-state index contributed by atoms with van der Waals surface area (Å²) in [5.74, 6) is -0.264. The Bertz CT molecular complexity index is 548. The van der Waals surface area contributed by atoms with E-state index in [1.165, 1.54) is 0 Å². The molecule has 2 rings (SSSR count). The molecule has 0 aliphatic carbocycles. The minimum Gasteiger partial charge on any atom is -0.355 e. The molecule has 1 fully saturated rings. The van der Waals surface area contributed by atoms with Crippen LogP contribution < -0.4 is 5.32 Å². The molecule has 1 heterocycles. The predicted molar refractivity (Wildman–Crippen MR) is 83.5 cm³/mol. The molecule has 0 aromatic heterocycles. The Morgan fingerprint density at radius 1 is 1.43 bits per heavy atom. The van der Waals surface area contributed by atoms with Crippen LogP contribution in [0.4, 0.5) is 0 Å². The highest BCUT2D eigenvalue weighted by molar-refractivity contribution is 6.42. The van der Waals surface area contributed by atoms with Crippen LogP contribution in [-0.2, 0) is 16.0 Å². The van der Waals surface area contributed by atoms with E-state index in [1.54, 1.807) is 11.0 Å². The van der Waals surface area contributed by atoms with Crippen LogP contribution >= 0.6 is 23.2 Å². The number of nitrogens with zero attached hydrogens (tertiary/aromatic N) is 1. The lowest BCUT2D eigenvalue weighted by Crippen LogP contribution is -2.34. The summed E-state index contributed by atoms with van der Waals surface area (Å²) in [6.07, 6.45) is 0.918. The summed E-state index contributed by atoms with van der Waals surface area (Å²) in [5.41, 5.74) is 0.905. The van der Waals surface area contributed by atoms with Crippen LogP contribution in [0.5, 0.6) is 0 Å². The number of carbonyl (C=O) groups excluding carboxylic acids is 2. The molecule has 1 aliphatic heterocycles. The summed E-state index contributed by atoms with van der Waals surface area (Å²) in [6, 6.07) is 5.45. The average molecular weight is 329 g/mol. The first-order chi connectivity index (χ1) is 10.0. The SMILES string of the molecule is CCN1C[C@H](C(=O)NCCc2cccc(Cl)c2Cl)CC1=O. The van der Waals surface area contributed by atoms with Crippen molar-refractivity contribution in [2.24, 2.45) is 5.92 Å². The third-order valence-electron chi connectivity index (χ3n) is 3.69.